The van der Waals surface area contributed by atoms with Gasteiger partial charge in [-0.25, -0.2) is 17.8 Å². The molecule has 0 radical (unpaired) electrons. The molecule has 1 aromatic heterocycles. The van der Waals surface area contributed by atoms with Crippen molar-refractivity contribution in [3.05, 3.63) is 64.1 Å². The monoisotopic (exact) mass is 373 g/mol. The summed E-state index contributed by atoms with van der Waals surface area (Å²) in [5.41, 5.74) is 0.982. The maximum atomic E-state index is 12.6. The number of aromatic nitrogens is 2. The lowest BCUT2D eigenvalue weighted by Crippen LogP contribution is -2.27. The molecule has 3 aromatic rings. The van der Waals surface area contributed by atoms with E-state index in [0.717, 1.165) is 5.56 Å². The lowest BCUT2D eigenvalue weighted by molar-refractivity contribution is 0.411. The number of nitrogens with zero attached hydrogens (tertiary/aromatic N) is 2. The van der Waals surface area contributed by atoms with Crippen molar-refractivity contribution < 1.29 is 13.2 Å². The molecule has 0 fully saturated rings. The van der Waals surface area contributed by atoms with Gasteiger partial charge in [-0.05, 0) is 36.8 Å². The van der Waals surface area contributed by atoms with Crippen LogP contribution in [0.2, 0.25) is 0 Å². The molecule has 0 aliphatic rings. The lowest BCUT2D eigenvalue weighted by atomic mass is 10.1. The first kappa shape index (κ1) is 18.1. The Morgan fingerprint density at radius 2 is 1.85 bits per heavy atom. The molecule has 7 nitrogen and oxygen atoms in total. The van der Waals surface area contributed by atoms with Crippen LogP contribution in [0.4, 0.5) is 0 Å². The third-order valence-corrected chi connectivity index (χ3v) is 5.54. The molecule has 26 heavy (non-hydrogen) atoms. The Morgan fingerprint density at radius 3 is 2.50 bits per heavy atom. The molecule has 0 aliphatic heterocycles. The minimum absolute atomic E-state index is 0.0258. The topological polar surface area (TPSA) is 90.3 Å². The molecule has 3 rings (SSSR count). The molecule has 8 heteroatoms. The van der Waals surface area contributed by atoms with E-state index in [4.69, 9.17) is 4.74 Å². The smallest absolute Gasteiger partial charge is 0.274 e. The zero-order valence-corrected chi connectivity index (χ0v) is 15.5. The van der Waals surface area contributed by atoms with Crippen LogP contribution in [-0.2, 0) is 23.6 Å². The summed E-state index contributed by atoms with van der Waals surface area (Å²) in [6, 6.07) is 11.7. The van der Waals surface area contributed by atoms with Gasteiger partial charge >= 0.3 is 0 Å². The van der Waals surface area contributed by atoms with Gasteiger partial charge in [0.25, 0.3) is 5.56 Å². The van der Waals surface area contributed by atoms with Crippen LogP contribution in [0.25, 0.3) is 10.8 Å². The average molecular weight is 373 g/mol. The predicted octanol–water partition coefficient (Wildman–Crippen LogP) is 1.73. The van der Waals surface area contributed by atoms with E-state index in [-0.39, 0.29) is 17.0 Å². The van der Waals surface area contributed by atoms with Crippen LogP contribution in [-0.4, -0.2) is 25.3 Å². The largest absolute Gasteiger partial charge is 0.496 e. The fourth-order valence-electron chi connectivity index (χ4n) is 2.77. The minimum Gasteiger partial charge on any atom is -0.496 e. The summed E-state index contributed by atoms with van der Waals surface area (Å²) < 4.78 is 34.1. The fourth-order valence-corrected chi connectivity index (χ4v) is 3.84. The highest BCUT2D eigenvalue weighted by molar-refractivity contribution is 7.89. The normalized spacial score (nSPS) is 11.7. The van der Waals surface area contributed by atoms with Crippen LogP contribution >= 0.6 is 0 Å². The molecule has 0 unspecified atom stereocenters. The van der Waals surface area contributed by atoms with Crippen molar-refractivity contribution in [2.24, 2.45) is 7.05 Å². The predicted molar refractivity (Wildman–Crippen MR) is 98.7 cm³/mol. The zero-order valence-electron chi connectivity index (χ0n) is 14.7. The van der Waals surface area contributed by atoms with E-state index < -0.39 is 10.0 Å². The second-order valence-electron chi connectivity index (χ2n) is 5.88. The van der Waals surface area contributed by atoms with Crippen LogP contribution in [0.5, 0.6) is 5.75 Å². The van der Waals surface area contributed by atoms with Gasteiger partial charge in [0, 0.05) is 12.4 Å². The van der Waals surface area contributed by atoms with E-state index in [1.54, 1.807) is 50.4 Å². The number of ether oxygens (including phenoxy) is 1. The highest BCUT2D eigenvalue weighted by Gasteiger charge is 2.17. The highest BCUT2D eigenvalue weighted by Crippen LogP contribution is 2.21. The van der Waals surface area contributed by atoms with Crippen molar-refractivity contribution in [1.29, 1.82) is 0 Å². The summed E-state index contributed by atoms with van der Waals surface area (Å²) in [6.45, 7) is 1.75. The lowest BCUT2D eigenvalue weighted by Gasteiger charge is -2.11. The Balaban J connectivity index is 1.94. The molecule has 0 saturated carbocycles. The number of aryl methyl sites for hydroxylation is 2. The number of fused-ring (bicyclic) bond motifs is 1. The summed E-state index contributed by atoms with van der Waals surface area (Å²) in [5, 5.41) is 5.33. The van der Waals surface area contributed by atoms with Gasteiger partial charge < -0.3 is 4.74 Å². The first-order chi connectivity index (χ1) is 12.3. The molecule has 0 aliphatic carbocycles. The van der Waals surface area contributed by atoms with Gasteiger partial charge in [0.05, 0.1) is 29.6 Å². The van der Waals surface area contributed by atoms with Gasteiger partial charge in [0.2, 0.25) is 10.0 Å². The molecule has 1 heterocycles. The molecule has 0 bridgehead atoms. The first-order valence-corrected chi connectivity index (χ1v) is 9.41. The van der Waals surface area contributed by atoms with Gasteiger partial charge in [-0.3, -0.25) is 4.79 Å². The first-order valence-electron chi connectivity index (χ1n) is 7.92. The molecule has 136 valence electrons. The van der Waals surface area contributed by atoms with Crippen molar-refractivity contribution in [3.63, 3.8) is 0 Å². The molecular weight excluding hydrogens is 354 g/mol. The van der Waals surface area contributed by atoms with Crippen LogP contribution in [0.1, 0.15) is 11.3 Å². The summed E-state index contributed by atoms with van der Waals surface area (Å²) in [4.78, 5) is 12.3. The Bertz CT molecular complexity index is 1140. The second-order valence-corrected chi connectivity index (χ2v) is 7.64. The number of nitrogens with one attached hydrogen (secondary N) is 1. The molecule has 0 saturated heterocycles. The zero-order chi connectivity index (χ0) is 18.9. The van der Waals surface area contributed by atoms with E-state index >= 15 is 0 Å². The molecule has 1 N–H and O–H groups in total. The Labute approximate surface area is 151 Å². The van der Waals surface area contributed by atoms with Crippen molar-refractivity contribution >= 4 is 20.8 Å². The minimum atomic E-state index is -3.73. The quantitative estimate of drug-likeness (QED) is 0.736. The highest BCUT2D eigenvalue weighted by atomic mass is 32.2. The molecular formula is C18H19N3O4S. The van der Waals surface area contributed by atoms with Gasteiger partial charge in [0.1, 0.15) is 5.75 Å². The van der Waals surface area contributed by atoms with Gasteiger partial charge in [-0.1, -0.05) is 18.2 Å². The Kier molecular flexibility index (Phi) is 4.80. The summed E-state index contributed by atoms with van der Waals surface area (Å²) in [7, 11) is -0.656. The van der Waals surface area contributed by atoms with Crippen LogP contribution in [0.3, 0.4) is 0 Å². The summed E-state index contributed by atoms with van der Waals surface area (Å²) in [6.07, 6.45) is 0. The van der Waals surface area contributed by atoms with E-state index in [9.17, 15) is 13.2 Å². The SMILES string of the molecule is COc1ccc(S(=O)(=O)NCc2nn(C)c(=O)c3ccccc23)cc1C. The number of hydrogen-bond donors (Lipinski definition) is 1. The van der Waals surface area contributed by atoms with Crippen LogP contribution in [0, 0.1) is 6.92 Å². The maximum Gasteiger partial charge on any atom is 0.274 e. The number of hydrogen-bond acceptors (Lipinski definition) is 5. The van der Waals surface area contributed by atoms with E-state index in [1.807, 2.05) is 0 Å². The number of sulfonamides is 1. The number of methoxy groups -OCH3 is 1. The van der Waals surface area contributed by atoms with E-state index in [0.29, 0.717) is 22.2 Å². The van der Waals surface area contributed by atoms with Gasteiger partial charge in [-0.15, -0.1) is 0 Å². The number of rotatable bonds is 5. The Morgan fingerprint density at radius 1 is 1.15 bits per heavy atom. The summed E-state index contributed by atoms with van der Waals surface area (Å²) >= 11 is 0. The maximum absolute atomic E-state index is 12.6. The van der Waals surface area contributed by atoms with Crippen molar-refractivity contribution in [1.82, 2.24) is 14.5 Å². The molecule has 0 amide bonds. The fraction of sp³-hybridized carbons (Fsp3) is 0.222. The third-order valence-electron chi connectivity index (χ3n) is 4.14. The van der Waals surface area contributed by atoms with Crippen LogP contribution in [0.15, 0.2) is 52.2 Å². The van der Waals surface area contributed by atoms with E-state index in [1.165, 1.54) is 17.9 Å². The second kappa shape index (κ2) is 6.89. The number of benzene rings is 2. The average Bonchev–Trinajstić information content (AvgIpc) is 2.63. The third kappa shape index (κ3) is 3.33. The van der Waals surface area contributed by atoms with Crippen molar-refractivity contribution in [2.75, 3.05) is 7.11 Å². The Hall–Kier alpha value is -2.71. The molecule has 0 spiro atoms. The molecule has 2 aromatic carbocycles. The molecule has 0 atom stereocenters. The van der Waals surface area contributed by atoms with Crippen molar-refractivity contribution in [3.8, 4) is 5.75 Å². The summed E-state index contributed by atoms with van der Waals surface area (Å²) in [5.74, 6) is 0.620. The van der Waals surface area contributed by atoms with Gasteiger partial charge in [0.15, 0.2) is 0 Å². The van der Waals surface area contributed by atoms with Gasteiger partial charge in [-0.2, -0.15) is 5.10 Å². The van der Waals surface area contributed by atoms with Crippen molar-refractivity contribution in [2.45, 2.75) is 18.4 Å². The van der Waals surface area contributed by atoms with Crippen LogP contribution < -0.4 is 15.0 Å². The van der Waals surface area contributed by atoms with E-state index in [2.05, 4.69) is 9.82 Å². The standard InChI is InChI=1S/C18H19N3O4S/c1-12-10-13(8-9-17(12)25-3)26(23,24)19-11-16-14-6-4-5-7-15(14)18(22)21(2)20-16/h4-10,19H,11H2,1-3H3.